The van der Waals surface area contributed by atoms with Crippen LogP contribution in [-0.4, -0.2) is 0 Å². The SMILES string of the molecule is Cc1ccc(OCc2ccc(Cl)s2)c(CCl)c1. The molecule has 1 nitrogen and oxygen atoms in total. The summed E-state index contributed by atoms with van der Waals surface area (Å²) in [6.07, 6.45) is 0. The fraction of sp³-hybridized carbons (Fsp3) is 0.231. The Kier molecular flexibility index (Phi) is 4.32. The highest BCUT2D eigenvalue weighted by molar-refractivity contribution is 7.16. The third-order valence-electron chi connectivity index (χ3n) is 2.36. The van der Waals surface area contributed by atoms with Crippen molar-refractivity contribution in [2.24, 2.45) is 0 Å². The molecule has 17 heavy (non-hydrogen) atoms. The van der Waals surface area contributed by atoms with Gasteiger partial charge in [-0.25, -0.2) is 0 Å². The Morgan fingerprint density at radius 1 is 1.24 bits per heavy atom. The van der Waals surface area contributed by atoms with E-state index < -0.39 is 0 Å². The highest BCUT2D eigenvalue weighted by Gasteiger charge is 2.04. The van der Waals surface area contributed by atoms with E-state index >= 15 is 0 Å². The minimum atomic E-state index is 0.461. The second-order valence-electron chi connectivity index (χ2n) is 3.74. The van der Waals surface area contributed by atoms with Gasteiger partial charge in [-0.2, -0.15) is 0 Å². The van der Waals surface area contributed by atoms with E-state index in [0.29, 0.717) is 12.5 Å². The zero-order chi connectivity index (χ0) is 12.3. The van der Waals surface area contributed by atoms with Gasteiger partial charge in [-0.1, -0.05) is 29.3 Å². The molecule has 0 radical (unpaired) electrons. The quantitative estimate of drug-likeness (QED) is 0.717. The molecule has 1 aromatic heterocycles. The van der Waals surface area contributed by atoms with Gasteiger partial charge in [0.25, 0.3) is 0 Å². The van der Waals surface area contributed by atoms with Crippen molar-refractivity contribution in [3.63, 3.8) is 0 Å². The summed E-state index contributed by atoms with van der Waals surface area (Å²) in [7, 11) is 0. The molecule has 1 heterocycles. The zero-order valence-corrected chi connectivity index (χ0v) is 11.7. The van der Waals surface area contributed by atoms with Crippen LogP contribution < -0.4 is 4.74 Å². The fourth-order valence-electron chi connectivity index (χ4n) is 1.53. The lowest BCUT2D eigenvalue weighted by Crippen LogP contribution is -1.96. The first-order valence-electron chi connectivity index (χ1n) is 5.21. The number of benzene rings is 1. The largest absolute Gasteiger partial charge is 0.488 e. The van der Waals surface area contributed by atoms with Crippen LogP contribution in [0.5, 0.6) is 5.75 Å². The number of ether oxygens (including phenoxy) is 1. The van der Waals surface area contributed by atoms with E-state index in [1.54, 1.807) is 0 Å². The number of thiophene rings is 1. The van der Waals surface area contributed by atoms with E-state index in [9.17, 15) is 0 Å². The van der Waals surface area contributed by atoms with Crippen LogP contribution in [0.3, 0.4) is 0 Å². The van der Waals surface area contributed by atoms with E-state index in [1.165, 1.54) is 16.9 Å². The predicted octanol–water partition coefficient (Wildman–Crippen LogP) is 5.03. The average Bonchev–Trinajstić information content (AvgIpc) is 2.73. The van der Waals surface area contributed by atoms with Crippen molar-refractivity contribution < 1.29 is 4.74 Å². The summed E-state index contributed by atoms with van der Waals surface area (Å²) in [5.74, 6) is 1.30. The Morgan fingerprint density at radius 2 is 2.06 bits per heavy atom. The van der Waals surface area contributed by atoms with Crippen LogP contribution in [0.15, 0.2) is 30.3 Å². The van der Waals surface area contributed by atoms with Gasteiger partial charge in [0.1, 0.15) is 12.4 Å². The first-order valence-corrected chi connectivity index (χ1v) is 6.94. The Labute approximate surface area is 115 Å². The molecule has 1 aromatic carbocycles. The second-order valence-corrected chi connectivity index (χ2v) is 5.81. The van der Waals surface area contributed by atoms with Gasteiger partial charge in [0, 0.05) is 10.4 Å². The Bertz CT molecular complexity index is 508. The fourth-order valence-corrected chi connectivity index (χ4v) is 2.74. The van der Waals surface area contributed by atoms with Crippen LogP contribution in [0.2, 0.25) is 4.34 Å². The highest BCUT2D eigenvalue weighted by Crippen LogP contribution is 2.26. The van der Waals surface area contributed by atoms with E-state index in [0.717, 1.165) is 20.5 Å². The van der Waals surface area contributed by atoms with Gasteiger partial charge in [-0.15, -0.1) is 22.9 Å². The first kappa shape index (κ1) is 12.7. The average molecular weight is 287 g/mol. The van der Waals surface area contributed by atoms with Crippen molar-refractivity contribution in [1.29, 1.82) is 0 Å². The normalized spacial score (nSPS) is 10.5. The van der Waals surface area contributed by atoms with Gasteiger partial charge in [0.2, 0.25) is 0 Å². The molecule has 90 valence electrons. The zero-order valence-electron chi connectivity index (χ0n) is 9.37. The molecule has 0 spiro atoms. The van der Waals surface area contributed by atoms with Gasteiger partial charge in [0.15, 0.2) is 0 Å². The van der Waals surface area contributed by atoms with E-state index in [4.69, 9.17) is 27.9 Å². The van der Waals surface area contributed by atoms with Gasteiger partial charge in [-0.05, 0) is 25.1 Å². The van der Waals surface area contributed by atoms with Crippen molar-refractivity contribution in [1.82, 2.24) is 0 Å². The van der Waals surface area contributed by atoms with Crippen LogP contribution >= 0.6 is 34.5 Å². The molecule has 0 saturated carbocycles. The minimum absolute atomic E-state index is 0.461. The molecular weight excluding hydrogens is 275 g/mol. The number of aryl methyl sites for hydroxylation is 1. The molecule has 0 aliphatic heterocycles. The molecule has 0 atom stereocenters. The lowest BCUT2D eigenvalue weighted by Gasteiger charge is -2.09. The number of rotatable bonds is 4. The molecule has 0 fully saturated rings. The van der Waals surface area contributed by atoms with E-state index in [1.807, 2.05) is 37.3 Å². The summed E-state index contributed by atoms with van der Waals surface area (Å²) in [6, 6.07) is 9.88. The topological polar surface area (TPSA) is 9.23 Å². The maximum absolute atomic E-state index is 5.89. The van der Waals surface area contributed by atoms with Crippen molar-refractivity contribution in [3.05, 3.63) is 50.7 Å². The van der Waals surface area contributed by atoms with E-state index in [-0.39, 0.29) is 0 Å². The Hall–Kier alpha value is -0.700. The summed E-state index contributed by atoms with van der Waals surface area (Å²) in [5.41, 5.74) is 2.21. The highest BCUT2D eigenvalue weighted by atomic mass is 35.5. The van der Waals surface area contributed by atoms with Crippen LogP contribution in [0.4, 0.5) is 0 Å². The van der Waals surface area contributed by atoms with Crippen molar-refractivity contribution in [2.75, 3.05) is 0 Å². The number of alkyl halides is 1. The van der Waals surface area contributed by atoms with Crippen molar-refractivity contribution in [2.45, 2.75) is 19.4 Å². The van der Waals surface area contributed by atoms with Crippen LogP contribution in [0.1, 0.15) is 16.0 Å². The lowest BCUT2D eigenvalue weighted by molar-refractivity contribution is 0.307. The van der Waals surface area contributed by atoms with Crippen molar-refractivity contribution in [3.8, 4) is 5.75 Å². The third-order valence-corrected chi connectivity index (χ3v) is 3.85. The number of halogens is 2. The summed E-state index contributed by atoms with van der Waals surface area (Å²) < 4.78 is 6.53. The molecule has 0 unspecified atom stereocenters. The molecule has 2 rings (SSSR count). The standard InChI is InChI=1S/C13H12Cl2OS/c1-9-2-4-12(10(6-9)7-14)16-8-11-3-5-13(15)17-11/h2-6H,7-8H2,1H3. The van der Waals surface area contributed by atoms with Gasteiger partial charge in [0.05, 0.1) is 10.2 Å². The maximum Gasteiger partial charge on any atom is 0.124 e. The van der Waals surface area contributed by atoms with Gasteiger partial charge < -0.3 is 4.74 Å². The maximum atomic E-state index is 5.89. The van der Waals surface area contributed by atoms with Gasteiger partial charge >= 0.3 is 0 Å². The second kappa shape index (κ2) is 5.76. The molecule has 4 heteroatoms. The Morgan fingerprint density at radius 3 is 2.71 bits per heavy atom. The molecule has 2 aromatic rings. The summed E-state index contributed by atoms with van der Waals surface area (Å²) in [5, 5.41) is 0. The molecule has 0 amide bonds. The predicted molar refractivity (Wildman–Crippen MR) is 74.4 cm³/mol. The Balaban J connectivity index is 2.08. The van der Waals surface area contributed by atoms with Gasteiger partial charge in [-0.3, -0.25) is 0 Å². The van der Waals surface area contributed by atoms with E-state index in [2.05, 4.69) is 0 Å². The minimum Gasteiger partial charge on any atom is -0.488 e. The lowest BCUT2D eigenvalue weighted by atomic mass is 10.1. The van der Waals surface area contributed by atoms with Crippen LogP contribution in [0, 0.1) is 6.92 Å². The number of hydrogen-bond donors (Lipinski definition) is 0. The summed E-state index contributed by atoms with van der Waals surface area (Å²) >= 11 is 13.3. The molecule has 0 aliphatic carbocycles. The first-order chi connectivity index (χ1) is 8.19. The van der Waals surface area contributed by atoms with Crippen LogP contribution in [-0.2, 0) is 12.5 Å². The molecular formula is C13H12Cl2OS. The monoisotopic (exact) mass is 286 g/mol. The number of hydrogen-bond acceptors (Lipinski definition) is 2. The third kappa shape index (κ3) is 3.38. The van der Waals surface area contributed by atoms with Crippen molar-refractivity contribution >= 4 is 34.5 Å². The summed E-state index contributed by atoms with van der Waals surface area (Å²) in [4.78, 5) is 1.11. The smallest absolute Gasteiger partial charge is 0.124 e. The molecule has 0 N–H and O–H groups in total. The summed E-state index contributed by atoms with van der Waals surface area (Å²) in [6.45, 7) is 2.57. The molecule has 0 saturated heterocycles. The molecule has 0 bridgehead atoms. The molecule has 0 aliphatic rings. The van der Waals surface area contributed by atoms with Crippen LogP contribution in [0.25, 0.3) is 0 Å².